The molecule has 4 saturated carbocycles. The molecule has 0 aromatic heterocycles. The summed E-state index contributed by atoms with van der Waals surface area (Å²) in [5, 5.41) is 43.9. The van der Waals surface area contributed by atoms with Crippen molar-refractivity contribution >= 4 is 12.4 Å². The number of aliphatic hydroxyl groups is 4. The van der Waals surface area contributed by atoms with E-state index in [0.717, 1.165) is 50.5 Å². The van der Waals surface area contributed by atoms with Gasteiger partial charge in [0, 0.05) is 36.7 Å². The van der Waals surface area contributed by atoms with Gasteiger partial charge in [-0.05, 0) is 87.5 Å². The van der Waals surface area contributed by atoms with E-state index < -0.39 is 66.3 Å². The lowest BCUT2D eigenvalue weighted by Crippen LogP contribution is -2.62. The number of carbonyl (C=O) groups is 2. The van der Waals surface area contributed by atoms with E-state index in [0.29, 0.717) is 24.7 Å². The zero-order valence-corrected chi connectivity index (χ0v) is 28.6. The molecule has 3 heterocycles. The molecule has 12 nitrogen and oxygen atoms in total. The minimum atomic E-state index is -1.03. The Bertz CT molecular complexity index is 1240. The first-order chi connectivity index (χ1) is 22.8. The smallest absolute Gasteiger partial charge is 0.331 e. The molecule has 0 aromatic rings. The lowest BCUT2D eigenvalue weighted by molar-refractivity contribution is -0.318. The van der Waals surface area contributed by atoms with E-state index in [4.69, 9.17) is 28.4 Å². The fourth-order valence-corrected chi connectivity index (χ4v) is 11.5. The maximum atomic E-state index is 12.7. The van der Waals surface area contributed by atoms with E-state index in [1.54, 1.807) is 6.92 Å². The second-order valence-electron chi connectivity index (χ2n) is 16.4. The average Bonchev–Trinajstić information content (AvgIpc) is 3.54. The van der Waals surface area contributed by atoms with E-state index in [2.05, 4.69) is 13.8 Å². The molecule has 6 fully saturated rings. The van der Waals surface area contributed by atoms with Gasteiger partial charge < -0.3 is 48.8 Å². The largest absolute Gasteiger partial charge is 0.464 e. The van der Waals surface area contributed by atoms with Crippen LogP contribution in [0.4, 0.5) is 0 Å². The van der Waals surface area contributed by atoms with Crippen molar-refractivity contribution in [2.24, 2.45) is 34.5 Å². The van der Waals surface area contributed by atoms with Crippen LogP contribution in [0.2, 0.25) is 0 Å². The summed E-state index contributed by atoms with van der Waals surface area (Å²) in [4.78, 5) is 23.6. The molecule has 3 aliphatic heterocycles. The van der Waals surface area contributed by atoms with Crippen LogP contribution in [0.25, 0.3) is 0 Å². The first-order valence-electron chi connectivity index (χ1n) is 18.1. The van der Waals surface area contributed by atoms with E-state index in [9.17, 15) is 30.0 Å². The van der Waals surface area contributed by atoms with Crippen molar-refractivity contribution in [2.75, 3.05) is 6.61 Å². The summed E-state index contributed by atoms with van der Waals surface area (Å²) in [5.41, 5.74) is -0.718. The Kier molecular flexibility index (Phi) is 9.31. The van der Waals surface area contributed by atoms with Crippen LogP contribution in [0.5, 0.6) is 0 Å². The Morgan fingerprint density at radius 1 is 0.896 bits per heavy atom. The van der Waals surface area contributed by atoms with Crippen molar-refractivity contribution in [1.29, 1.82) is 0 Å². The number of cyclic esters (lactones) is 1. The summed E-state index contributed by atoms with van der Waals surface area (Å²) in [6.45, 7) is 8.69. The van der Waals surface area contributed by atoms with E-state index in [1.165, 1.54) is 6.08 Å². The Hall–Kier alpha value is -1.64. The van der Waals surface area contributed by atoms with Crippen LogP contribution in [0, 0.1) is 34.5 Å². The normalized spacial score (nSPS) is 53.6. The molecule has 0 spiro atoms. The molecule has 48 heavy (non-hydrogen) atoms. The molecule has 17 atom stereocenters. The van der Waals surface area contributed by atoms with Crippen LogP contribution >= 0.6 is 0 Å². The van der Waals surface area contributed by atoms with Crippen LogP contribution < -0.4 is 0 Å². The summed E-state index contributed by atoms with van der Waals surface area (Å²) in [5.74, 6) is 0.160. The number of carbonyl (C=O) groups excluding carboxylic acids is 2. The van der Waals surface area contributed by atoms with Gasteiger partial charge in [-0.3, -0.25) is 4.79 Å². The zero-order valence-electron chi connectivity index (χ0n) is 28.6. The van der Waals surface area contributed by atoms with Gasteiger partial charge in [-0.25, -0.2) is 4.79 Å². The third-order valence-electron chi connectivity index (χ3n) is 14.1. The van der Waals surface area contributed by atoms with Gasteiger partial charge in [-0.15, -0.1) is 0 Å². The third-order valence-corrected chi connectivity index (χ3v) is 14.1. The predicted molar refractivity (Wildman–Crippen MR) is 168 cm³/mol. The molecule has 0 bridgehead atoms. The molecule has 12 heteroatoms. The van der Waals surface area contributed by atoms with Crippen LogP contribution in [0.15, 0.2) is 11.6 Å². The van der Waals surface area contributed by atoms with Crippen molar-refractivity contribution in [1.82, 2.24) is 0 Å². The Morgan fingerprint density at radius 2 is 1.62 bits per heavy atom. The van der Waals surface area contributed by atoms with Crippen molar-refractivity contribution in [3.05, 3.63) is 11.6 Å². The van der Waals surface area contributed by atoms with Gasteiger partial charge in [-0.2, -0.15) is 0 Å². The SMILES string of the molecule is CC1OC(OC2C(O)CC(OC3CCC4(C)C(CCC5C4CCC4(C)C(C6=CC(=O)OC6)C(OC=O)CC54O)C3)OC2C)CC(O)C1O. The highest BCUT2D eigenvalue weighted by molar-refractivity contribution is 5.85. The molecule has 0 aromatic carbocycles. The van der Waals surface area contributed by atoms with Gasteiger partial charge >= 0.3 is 5.97 Å². The third kappa shape index (κ3) is 5.66. The maximum absolute atomic E-state index is 12.7. The van der Waals surface area contributed by atoms with Crippen molar-refractivity contribution in [2.45, 2.75) is 159 Å². The maximum Gasteiger partial charge on any atom is 0.331 e. The number of aliphatic hydroxyl groups excluding tert-OH is 3. The molecule has 2 saturated heterocycles. The minimum Gasteiger partial charge on any atom is -0.464 e. The Labute approximate surface area is 282 Å². The molecular formula is C36H54O12. The second kappa shape index (κ2) is 12.8. The topological polar surface area (TPSA) is 170 Å². The summed E-state index contributed by atoms with van der Waals surface area (Å²) < 4.78 is 35.4. The average molecular weight is 679 g/mol. The number of esters is 1. The zero-order chi connectivity index (χ0) is 34.2. The molecule has 0 radical (unpaired) electrons. The first-order valence-corrected chi connectivity index (χ1v) is 18.1. The Balaban J connectivity index is 0.985. The Morgan fingerprint density at radius 3 is 2.31 bits per heavy atom. The van der Waals surface area contributed by atoms with Crippen molar-refractivity contribution < 1.29 is 58.4 Å². The van der Waals surface area contributed by atoms with E-state index >= 15 is 0 Å². The van der Waals surface area contributed by atoms with Gasteiger partial charge in [0.15, 0.2) is 12.6 Å². The van der Waals surface area contributed by atoms with Crippen molar-refractivity contribution in [3.8, 4) is 0 Å². The minimum absolute atomic E-state index is 0.00864. The highest BCUT2D eigenvalue weighted by atomic mass is 16.7. The summed E-state index contributed by atoms with van der Waals surface area (Å²) in [7, 11) is 0. The molecule has 17 unspecified atom stereocenters. The molecule has 4 N–H and O–H groups in total. The fourth-order valence-electron chi connectivity index (χ4n) is 11.5. The van der Waals surface area contributed by atoms with E-state index in [1.807, 2.05) is 6.92 Å². The fraction of sp³-hybridized carbons (Fsp3) is 0.889. The standard InChI is InChI=1S/C36H54O12/c1-18-32(41)25(38)13-30(45-18)48-33-19(2)46-29(14-26(33)39)47-22-7-9-34(3)21(12-22)5-6-24-23(34)8-10-35(4)31(20-11-28(40)43-16-20)27(44-17-37)15-36(24,35)42/h11,17-19,21-27,29-33,38-39,41-42H,5-10,12-16H2,1-4H3. The summed E-state index contributed by atoms with van der Waals surface area (Å²) in [6, 6.07) is 0. The van der Waals surface area contributed by atoms with Gasteiger partial charge in [-0.1, -0.05) is 13.8 Å². The molecule has 7 rings (SSSR count). The lowest BCUT2D eigenvalue weighted by atomic mass is 9.43. The van der Waals surface area contributed by atoms with Gasteiger partial charge in [0.1, 0.15) is 24.9 Å². The lowest BCUT2D eigenvalue weighted by Gasteiger charge is -2.63. The van der Waals surface area contributed by atoms with Crippen molar-refractivity contribution in [3.63, 3.8) is 0 Å². The molecule has 270 valence electrons. The summed E-state index contributed by atoms with van der Waals surface area (Å²) in [6.07, 6.45) is 2.26. The summed E-state index contributed by atoms with van der Waals surface area (Å²) >= 11 is 0. The molecular weight excluding hydrogens is 624 g/mol. The van der Waals surface area contributed by atoms with Crippen LogP contribution in [-0.4, -0.2) is 106 Å². The predicted octanol–water partition coefficient (Wildman–Crippen LogP) is 2.52. The molecule has 0 amide bonds. The number of ether oxygens (including phenoxy) is 6. The number of hydrogen-bond acceptors (Lipinski definition) is 12. The monoisotopic (exact) mass is 678 g/mol. The second-order valence-corrected chi connectivity index (χ2v) is 16.4. The first kappa shape index (κ1) is 34.8. The number of rotatable bonds is 7. The van der Waals surface area contributed by atoms with Crippen LogP contribution in [-0.2, 0) is 38.0 Å². The quantitative estimate of drug-likeness (QED) is 0.177. The van der Waals surface area contributed by atoms with Gasteiger partial charge in [0.05, 0.1) is 36.1 Å². The van der Waals surface area contributed by atoms with Gasteiger partial charge in [0.2, 0.25) is 0 Å². The van der Waals surface area contributed by atoms with Gasteiger partial charge in [0.25, 0.3) is 6.47 Å². The van der Waals surface area contributed by atoms with Crippen LogP contribution in [0.3, 0.4) is 0 Å². The number of fused-ring (bicyclic) bond motifs is 5. The van der Waals surface area contributed by atoms with Crippen LogP contribution in [0.1, 0.15) is 91.9 Å². The highest BCUT2D eigenvalue weighted by Crippen LogP contribution is 2.70. The highest BCUT2D eigenvalue weighted by Gasteiger charge is 2.71. The number of hydrogen-bond donors (Lipinski definition) is 4. The molecule has 4 aliphatic carbocycles. The van der Waals surface area contributed by atoms with E-state index in [-0.39, 0.29) is 48.8 Å². The molecule has 7 aliphatic rings.